The quantitative estimate of drug-likeness (QED) is 0.832. The van der Waals surface area contributed by atoms with Crippen molar-refractivity contribution < 1.29 is 14.3 Å². The average molecular weight is 353 g/mol. The molecule has 2 aliphatic heterocycles. The van der Waals surface area contributed by atoms with Gasteiger partial charge >= 0.3 is 0 Å². The van der Waals surface area contributed by atoms with Crippen LogP contribution in [0.4, 0.5) is 0 Å². The Morgan fingerprint density at radius 2 is 2.15 bits per heavy atom. The van der Waals surface area contributed by atoms with E-state index in [0.717, 1.165) is 24.9 Å². The number of carbonyl (C=O) groups is 2. The van der Waals surface area contributed by atoms with Crippen molar-refractivity contribution in [1.29, 1.82) is 0 Å². The molecular weight excluding hydrogens is 330 g/mol. The number of benzene rings is 1. The average Bonchev–Trinajstić information content (AvgIpc) is 3.08. The van der Waals surface area contributed by atoms with E-state index in [-0.39, 0.29) is 23.7 Å². The van der Waals surface area contributed by atoms with Crippen LogP contribution in [0.25, 0.3) is 0 Å². The highest BCUT2D eigenvalue weighted by Gasteiger charge is 2.36. The molecule has 0 N–H and O–H groups in total. The normalized spacial score (nSPS) is 22.7. The van der Waals surface area contributed by atoms with Gasteiger partial charge < -0.3 is 9.64 Å². The van der Waals surface area contributed by atoms with Crippen molar-refractivity contribution in [2.75, 3.05) is 13.1 Å². The number of carbonyl (C=O) groups excluding carboxylic acids is 2. The number of aromatic nitrogens is 2. The Labute approximate surface area is 152 Å². The zero-order valence-corrected chi connectivity index (χ0v) is 15.1. The monoisotopic (exact) mass is 353 g/mol. The SMILES string of the molecule is Cc1ccc2c(c1)C(=O)C[C@@H]([C@H]1CCCN(C(=O)c3ccn(C)n3)C1)O2. The van der Waals surface area contributed by atoms with Crippen molar-refractivity contribution in [2.24, 2.45) is 13.0 Å². The van der Waals surface area contributed by atoms with Gasteiger partial charge in [0.2, 0.25) is 0 Å². The third kappa shape index (κ3) is 3.11. The van der Waals surface area contributed by atoms with Crippen molar-refractivity contribution >= 4 is 11.7 Å². The lowest BCUT2D eigenvalue weighted by molar-refractivity contribution is 0.0405. The summed E-state index contributed by atoms with van der Waals surface area (Å²) in [5.74, 6) is 0.918. The number of hydrogen-bond acceptors (Lipinski definition) is 4. The van der Waals surface area contributed by atoms with E-state index in [0.29, 0.717) is 30.0 Å². The maximum atomic E-state index is 12.7. The molecule has 4 rings (SSSR count). The van der Waals surface area contributed by atoms with Crippen LogP contribution in [-0.4, -0.2) is 45.6 Å². The second-order valence-corrected chi connectivity index (χ2v) is 7.31. The maximum Gasteiger partial charge on any atom is 0.274 e. The van der Waals surface area contributed by atoms with Gasteiger partial charge in [0, 0.05) is 38.7 Å². The summed E-state index contributed by atoms with van der Waals surface area (Å²) in [6.07, 6.45) is 3.86. The number of rotatable bonds is 2. The van der Waals surface area contributed by atoms with Gasteiger partial charge in [-0.25, -0.2) is 0 Å². The summed E-state index contributed by atoms with van der Waals surface area (Å²) in [5.41, 5.74) is 2.21. The Balaban J connectivity index is 1.49. The van der Waals surface area contributed by atoms with Gasteiger partial charge in [-0.15, -0.1) is 0 Å². The summed E-state index contributed by atoms with van der Waals surface area (Å²) in [5, 5.41) is 4.21. The van der Waals surface area contributed by atoms with Gasteiger partial charge in [-0.05, 0) is 38.0 Å². The smallest absolute Gasteiger partial charge is 0.274 e. The number of ketones is 1. The highest BCUT2D eigenvalue weighted by molar-refractivity contribution is 6.00. The number of Topliss-reactive ketones (excluding diaryl/α,β-unsaturated/α-hetero) is 1. The van der Waals surface area contributed by atoms with Crippen LogP contribution >= 0.6 is 0 Å². The molecule has 0 unspecified atom stereocenters. The van der Waals surface area contributed by atoms with Gasteiger partial charge in [-0.2, -0.15) is 5.10 Å². The van der Waals surface area contributed by atoms with Gasteiger partial charge in [0.1, 0.15) is 17.5 Å². The van der Waals surface area contributed by atoms with Gasteiger partial charge in [-0.3, -0.25) is 14.3 Å². The van der Waals surface area contributed by atoms with Crippen molar-refractivity contribution in [3.63, 3.8) is 0 Å². The summed E-state index contributed by atoms with van der Waals surface area (Å²) in [6.45, 7) is 3.30. The molecule has 0 spiro atoms. The summed E-state index contributed by atoms with van der Waals surface area (Å²) in [7, 11) is 1.80. The third-order valence-corrected chi connectivity index (χ3v) is 5.30. The second kappa shape index (κ2) is 6.59. The standard InChI is InChI=1S/C20H23N3O3/c1-13-5-6-18-15(10-13)17(24)11-19(26-18)14-4-3-8-23(12-14)20(25)16-7-9-22(2)21-16/h5-7,9-10,14,19H,3-4,8,11-12H2,1-2H3/t14-,19-/m0/s1. The summed E-state index contributed by atoms with van der Waals surface area (Å²) in [4.78, 5) is 27.1. The summed E-state index contributed by atoms with van der Waals surface area (Å²) in [6, 6.07) is 7.48. The Hall–Kier alpha value is -2.63. The minimum absolute atomic E-state index is 0.0477. The number of ether oxygens (including phenoxy) is 1. The van der Waals surface area contributed by atoms with Crippen LogP contribution < -0.4 is 4.74 Å². The van der Waals surface area contributed by atoms with Crippen molar-refractivity contribution in [1.82, 2.24) is 14.7 Å². The molecule has 136 valence electrons. The lowest BCUT2D eigenvalue weighted by atomic mass is 9.86. The van der Waals surface area contributed by atoms with Crippen LogP contribution in [0.2, 0.25) is 0 Å². The van der Waals surface area contributed by atoms with Gasteiger partial charge in [0.05, 0.1) is 5.56 Å². The fourth-order valence-electron chi connectivity index (χ4n) is 3.91. The number of nitrogens with zero attached hydrogens (tertiary/aromatic N) is 3. The van der Waals surface area contributed by atoms with E-state index in [2.05, 4.69) is 5.10 Å². The summed E-state index contributed by atoms with van der Waals surface area (Å²) >= 11 is 0. The van der Waals surface area contributed by atoms with E-state index in [9.17, 15) is 9.59 Å². The van der Waals surface area contributed by atoms with E-state index in [1.165, 1.54) is 0 Å². The van der Waals surface area contributed by atoms with Gasteiger partial charge in [-0.1, -0.05) is 11.6 Å². The van der Waals surface area contributed by atoms with E-state index in [1.54, 1.807) is 24.0 Å². The molecule has 1 saturated heterocycles. The molecule has 0 radical (unpaired) electrons. The molecule has 0 saturated carbocycles. The van der Waals surface area contributed by atoms with Crippen LogP contribution in [-0.2, 0) is 7.05 Å². The molecule has 2 aliphatic rings. The highest BCUT2D eigenvalue weighted by Crippen LogP contribution is 2.34. The number of amides is 1. The number of aryl methyl sites for hydroxylation is 2. The molecule has 1 fully saturated rings. The van der Waals surface area contributed by atoms with Crippen LogP contribution in [0.15, 0.2) is 30.5 Å². The Bertz CT molecular complexity index is 858. The fourth-order valence-corrected chi connectivity index (χ4v) is 3.91. The zero-order valence-electron chi connectivity index (χ0n) is 15.1. The van der Waals surface area contributed by atoms with E-state index < -0.39 is 0 Å². The first-order valence-electron chi connectivity index (χ1n) is 9.10. The van der Waals surface area contributed by atoms with Gasteiger partial charge in [0.25, 0.3) is 5.91 Å². The van der Waals surface area contributed by atoms with Gasteiger partial charge in [0.15, 0.2) is 5.78 Å². The van der Waals surface area contributed by atoms with Crippen LogP contribution in [0.1, 0.15) is 45.7 Å². The number of fused-ring (bicyclic) bond motifs is 1. The molecule has 1 aromatic carbocycles. The first-order chi connectivity index (χ1) is 12.5. The van der Waals surface area contributed by atoms with E-state index in [1.807, 2.05) is 30.0 Å². The number of hydrogen-bond donors (Lipinski definition) is 0. The third-order valence-electron chi connectivity index (χ3n) is 5.30. The highest BCUT2D eigenvalue weighted by atomic mass is 16.5. The minimum Gasteiger partial charge on any atom is -0.489 e. The molecule has 6 heteroatoms. The molecule has 1 amide bonds. The molecule has 2 aromatic rings. The van der Waals surface area contributed by atoms with E-state index in [4.69, 9.17) is 4.74 Å². The molecule has 0 aliphatic carbocycles. The molecular formula is C20H23N3O3. The predicted octanol–water partition coefficient (Wildman–Crippen LogP) is 2.61. The van der Waals surface area contributed by atoms with Crippen molar-refractivity contribution in [3.05, 3.63) is 47.3 Å². The second-order valence-electron chi connectivity index (χ2n) is 7.31. The van der Waals surface area contributed by atoms with Crippen LogP contribution in [0.3, 0.4) is 0 Å². The number of likely N-dealkylation sites (tertiary alicyclic amines) is 1. The molecule has 6 nitrogen and oxygen atoms in total. The maximum absolute atomic E-state index is 12.7. The molecule has 2 atom stereocenters. The minimum atomic E-state index is -0.169. The Morgan fingerprint density at radius 1 is 1.31 bits per heavy atom. The first-order valence-corrected chi connectivity index (χ1v) is 9.10. The van der Waals surface area contributed by atoms with Crippen molar-refractivity contribution in [2.45, 2.75) is 32.3 Å². The molecule has 0 bridgehead atoms. The largest absolute Gasteiger partial charge is 0.489 e. The first kappa shape index (κ1) is 16.8. The lowest BCUT2D eigenvalue weighted by Crippen LogP contribution is -2.46. The van der Waals surface area contributed by atoms with Crippen molar-refractivity contribution in [3.8, 4) is 5.75 Å². The van der Waals surface area contributed by atoms with Crippen LogP contribution in [0.5, 0.6) is 5.75 Å². The Morgan fingerprint density at radius 3 is 2.92 bits per heavy atom. The fraction of sp³-hybridized carbons (Fsp3) is 0.450. The lowest BCUT2D eigenvalue weighted by Gasteiger charge is -2.38. The predicted molar refractivity (Wildman–Crippen MR) is 96.4 cm³/mol. The molecule has 26 heavy (non-hydrogen) atoms. The number of piperidine rings is 1. The molecule has 1 aromatic heterocycles. The van der Waals surface area contributed by atoms with Crippen LogP contribution in [0, 0.1) is 12.8 Å². The zero-order chi connectivity index (χ0) is 18.3. The summed E-state index contributed by atoms with van der Waals surface area (Å²) < 4.78 is 7.79. The van der Waals surface area contributed by atoms with E-state index >= 15 is 0 Å². The Kier molecular flexibility index (Phi) is 4.26. The topological polar surface area (TPSA) is 64.4 Å². The molecule has 3 heterocycles.